The van der Waals surface area contributed by atoms with E-state index in [2.05, 4.69) is 58.3 Å². The number of aliphatic carboxylic acids is 2. The van der Waals surface area contributed by atoms with Crippen LogP contribution < -0.4 is 0 Å². The summed E-state index contributed by atoms with van der Waals surface area (Å²) in [6, 6.07) is 17.0. The molecule has 0 aliphatic carbocycles. The summed E-state index contributed by atoms with van der Waals surface area (Å²) in [5.41, 5.74) is 2.27. The minimum absolute atomic E-state index is 0.0598. The molecule has 38 heavy (non-hydrogen) atoms. The molecule has 2 aliphatic rings. The zero-order chi connectivity index (χ0) is 27.2. The molecule has 11 heteroatoms. The molecule has 0 atom stereocenters. The number of amidine groups is 1. The number of carboxylic acid groups (broad SMARTS) is 2. The third-order valence-corrected chi connectivity index (χ3v) is 6.78. The molecule has 0 radical (unpaired) electrons. The van der Waals surface area contributed by atoms with E-state index >= 15 is 0 Å². The van der Waals surface area contributed by atoms with Crippen LogP contribution in [0.4, 0.5) is 5.69 Å². The highest BCUT2D eigenvalue weighted by molar-refractivity contribution is 7.99. The highest BCUT2D eigenvalue weighted by Gasteiger charge is 2.25. The lowest BCUT2D eigenvalue weighted by Crippen LogP contribution is -2.49. The first-order valence-corrected chi connectivity index (χ1v) is 13.1. The Morgan fingerprint density at radius 3 is 2.11 bits per heavy atom. The van der Waals surface area contributed by atoms with E-state index in [0.717, 1.165) is 44.2 Å². The van der Waals surface area contributed by atoms with Gasteiger partial charge < -0.3 is 29.7 Å². The second kappa shape index (κ2) is 15.9. The summed E-state index contributed by atoms with van der Waals surface area (Å²) < 4.78 is 10.8. The average molecular weight is 544 g/mol. The molecule has 0 spiro atoms. The second-order valence-corrected chi connectivity index (χ2v) is 9.37. The number of hydrogen-bond donors (Lipinski definition) is 3. The first-order chi connectivity index (χ1) is 18.5. The van der Waals surface area contributed by atoms with Gasteiger partial charge in [0.25, 0.3) is 0 Å². The van der Waals surface area contributed by atoms with E-state index < -0.39 is 11.9 Å². The third-order valence-electron chi connectivity index (χ3n) is 5.64. The lowest BCUT2D eigenvalue weighted by Gasteiger charge is -2.36. The van der Waals surface area contributed by atoms with E-state index in [1.807, 2.05) is 0 Å². The Balaban J connectivity index is 0.000000436. The van der Waals surface area contributed by atoms with Crippen LogP contribution in [0.15, 0.2) is 75.5 Å². The van der Waals surface area contributed by atoms with Crippen LogP contribution in [0.2, 0.25) is 0 Å². The van der Waals surface area contributed by atoms with E-state index in [1.165, 1.54) is 15.4 Å². The predicted octanol–water partition coefficient (Wildman–Crippen LogP) is 2.58. The van der Waals surface area contributed by atoms with Gasteiger partial charge in [0.1, 0.15) is 5.84 Å². The molecule has 2 aromatic carbocycles. The highest BCUT2D eigenvalue weighted by Crippen LogP contribution is 2.40. The highest BCUT2D eigenvalue weighted by atomic mass is 32.2. The number of carboxylic acids is 2. The Bertz CT molecular complexity index is 1100. The van der Waals surface area contributed by atoms with Crippen LogP contribution >= 0.6 is 11.8 Å². The monoisotopic (exact) mass is 543 g/mol. The number of para-hydroxylation sites is 1. The summed E-state index contributed by atoms with van der Waals surface area (Å²) in [6.07, 6.45) is 1.12. The van der Waals surface area contributed by atoms with Gasteiger partial charge in [-0.3, -0.25) is 4.90 Å². The molecule has 0 aromatic heterocycles. The zero-order valence-corrected chi connectivity index (χ0v) is 21.9. The van der Waals surface area contributed by atoms with Gasteiger partial charge in [-0.1, -0.05) is 42.1 Å². The molecule has 204 valence electrons. The van der Waals surface area contributed by atoms with Gasteiger partial charge in [0, 0.05) is 60.2 Å². The first-order valence-electron chi connectivity index (χ1n) is 12.3. The number of aliphatic imine (C=N–C) groups is 1. The molecule has 3 N–H and O–H groups in total. The van der Waals surface area contributed by atoms with Crippen molar-refractivity contribution in [2.45, 2.75) is 9.79 Å². The summed E-state index contributed by atoms with van der Waals surface area (Å²) in [6.45, 7) is 7.09. The maximum Gasteiger partial charge on any atom is 0.328 e. The van der Waals surface area contributed by atoms with Crippen molar-refractivity contribution in [3.8, 4) is 0 Å². The molecular weight excluding hydrogens is 510 g/mol. The van der Waals surface area contributed by atoms with Crippen LogP contribution in [0.3, 0.4) is 0 Å². The summed E-state index contributed by atoms with van der Waals surface area (Å²) in [4.78, 5) is 31.5. The molecule has 0 bridgehead atoms. The number of nitrogens with zero attached hydrogens (tertiary/aromatic N) is 3. The van der Waals surface area contributed by atoms with E-state index in [4.69, 9.17) is 29.8 Å². The molecule has 0 unspecified atom stereocenters. The molecule has 0 saturated carbocycles. The van der Waals surface area contributed by atoms with Crippen LogP contribution in [0, 0.1) is 0 Å². The van der Waals surface area contributed by atoms with Crippen LogP contribution in [0.1, 0.15) is 5.56 Å². The maximum atomic E-state index is 9.55. The van der Waals surface area contributed by atoms with Crippen LogP contribution in [0.5, 0.6) is 0 Å². The quantitative estimate of drug-likeness (QED) is 0.303. The minimum atomic E-state index is -1.26. The number of aliphatic hydroxyl groups is 1. The Labute approximate surface area is 226 Å². The fourth-order valence-corrected chi connectivity index (χ4v) is 4.83. The number of rotatable bonds is 10. The standard InChI is InChI=1S/C23H29N3O3S.C4H4O4/c27-14-16-29-18-17-28-15-13-25-9-11-26(12-10-25)23-19-5-1-3-7-21(19)30-22-8-4-2-6-20(22)24-23;5-3(6)1-2-4(7)8/h1-8,27H,9-18H2;1-2H,(H,5,6)(H,7,8)/b;2-1+. The van der Waals surface area contributed by atoms with Crippen molar-refractivity contribution in [3.63, 3.8) is 0 Å². The topological polar surface area (TPSA) is 132 Å². The van der Waals surface area contributed by atoms with E-state index in [1.54, 1.807) is 11.8 Å². The number of fused-ring (bicyclic) bond motifs is 2. The van der Waals surface area contributed by atoms with Gasteiger partial charge in [-0.15, -0.1) is 0 Å². The third kappa shape index (κ3) is 9.58. The minimum Gasteiger partial charge on any atom is -0.478 e. The Hall–Kier alpha value is -3.22. The van der Waals surface area contributed by atoms with Crippen molar-refractivity contribution in [1.82, 2.24) is 9.80 Å². The van der Waals surface area contributed by atoms with E-state index in [-0.39, 0.29) is 6.61 Å². The van der Waals surface area contributed by atoms with Crippen molar-refractivity contribution >= 4 is 35.2 Å². The van der Waals surface area contributed by atoms with Crippen molar-refractivity contribution < 1.29 is 34.4 Å². The van der Waals surface area contributed by atoms with Gasteiger partial charge in [-0.2, -0.15) is 0 Å². The lowest BCUT2D eigenvalue weighted by molar-refractivity contribution is -0.134. The van der Waals surface area contributed by atoms with Crippen molar-refractivity contribution in [2.75, 3.05) is 65.8 Å². The number of hydrogen-bond acceptors (Lipinski definition) is 9. The second-order valence-electron chi connectivity index (χ2n) is 8.29. The number of piperazine rings is 1. The average Bonchev–Trinajstić information content (AvgIpc) is 3.09. The molecule has 2 aliphatic heterocycles. The molecule has 0 amide bonds. The molecule has 1 fully saturated rings. The van der Waals surface area contributed by atoms with Gasteiger partial charge in [0.2, 0.25) is 0 Å². The molecule has 1 saturated heterocycles. The normalized spacial score (nSPS) is 15.1. The predicted molar refractivity (Wildman–Crippen MR) is 144 cm³/mol. The number of carbonyl (C=O) groups is 2. The van der Waals surface area contributed by atoms with Crippen molar-refractivity contribution in [1.29, 1.82) is 0 Å². The maximum absolute atomic E-state index is 9.55. The molecule has 10 nitrogen and oxygen atoms in total. The number of aliphatic hydroxyl groups excluding tert-OH is 1. The summed E-state index contributed by atoms with van der Waals surface area (Å²) in [7, 11) is 0. The molecular formula is C27H33N3O7S. The van der Waals surface area contributed by atoms with Crippen LogP contribution in [-0.4, -0.2) is 109 Å². The van der Waals surface area contributed by atoms with Gasteiger partial charge >= 0.3 is 11.9 Å². The summed E-state index contributed by atoms with van der Waals surface area (Å²) >= 11 is 1.80. The van der Waals surface area contributed by atoms with Gasteiger partial charge in [-0.25, -0.2) is 14.6 Å². The van der Waals surface area contributed by atoms with Gasteiger partial charge in [0.05, 0.1) is 38.7 Å². The number of ether oxygens (including phenoxy) is 2. The zero-order valence-electron chi connectivity index (χ0n) is 21.1. The SMILES string of the molecule is O=C(O)/C=C/C(=O)O.OCCOCCOCCN1CCN(C2=Nc3ccccc3Sc3ccccc32)CC1. The fourth-order valence-electron chi connectivity index (χ4n) is 3.82. The largest absolute Gasteiger partial charge is 0.478 e. The molecule has 4 rings (SSSR count). The molecule has 2 heterocycles. The fraction of sp³-hybridized carbons (Fsp3) is 0.370. The van der Waals surface area contributed by atoms with Crippen LogP contribution in [-0.2, 0) is 19.1 Å². The summed E-state index contributed by atoms with van der Waals surface area (Å²) in [5.74, 6) is -1.43. The van der Waals surface area contributed by atoms with Gasteiger partial charge in [0.15, 0.2) is 0 Å². The van der Waals surface area contributed by atoms with E-state index in [9.17, 15) is 9.59 Å². The first kappa shape index (κ1) is 29.3. The smallest absolute Gasteiger partial charge is 0.328 e. The Morgan fingerprint density at radius 1 is 0.842 bits per heavy atom. The lowest BCUT2D eigenvalue weighted by atomic mass is 10.1. The Morgan fingerprint density at radius 2 is 1.45 bits per heavy atom. The van der Waals surface area contributed by atoms with Crippen molar-refractivity contribution in [3.05, 3.63) is 66.2 Å². The van der Waals surface area contributed by atoms with E-state index in [0.29, 0.717) is 38.6 Å². The van der Waals surface area contributed by atoms with Gasteiger partial charge in [-0.05, 0) is 18.2 Å². The molecule has 2 aromatic rings. The van der Waals surface area contributed by atoms with Crippen LogP contribution in [0.25, 0.3) is 0 Å². The summed E-state index contributed by atoms with van der Waals surface area (Å²) in [5, 5.41) is 24.3. The Kier molecular flexibility index (Phi) is 12.3. The number of benzene rings is 2. The van der Waals surface area contributed by atoms with Crippen molar-refractivity contribution in [2.24, 2.45) is 4.99 Å².